The third-order valence-electron chi connectivity index (χ3n) is 5.21. The van der Waals surface area contributed by atoms with E-state index < -0.39 is 23.4 Å². The number of nitrogens with two attached hydrogens (primary N) is 1. The Kier molecular flexibility index (Phi) is 4.78. The molecule has 0 radical (unpaired) electrons. The molecule has 3 nitrogen and oxygen atoms in total. The van der Waals surface area contributed by atoms with Gasteiger partial charge in [0.2, 0.25) is 5.91 Å². The van der Waals surface area contributed by atoms with Crippen LogP contribution in [0.4, 0.5) is 13.2 Å². The Hall–Kier alpha value is -3.28. The average Bonchev–Trinajstić information content (AvgIpc) is 3.01. The molecule has 4 aromatic rings. The van der Waals surface area contributed by atoms with E-state index >= 15 is 0 Å². The molecule has 3 aromatic carbocycles. The van der Waals surface area contributed by atoms with Crippen LogP contribution in [0.5, 0.6) is 0 Å². The van der Waals surface area contributed by atoms with E-state index in [1.54, 1.807) is 22.8 Å². The van der Waals surface area contributed by atoms with Crippen molar-refractivity contribution >= 4 is 27.7 Å². The van der Waals surface area contributed by atoms with Crippen molar-refractivity contribution in [3.8, 4) is 0 Å². The number of aromatic nitrogens is 1. The van der Waals surface area contributed by atoms with Crippen molar-refractivity contribution in [3.63, 3.8) is 0 Å². The Balaban J connectivity index is 2.06. The molecule has 148 valence electrons. The molecule has 0 bridgehead atoms. The number of carbonyl (C=O) groups excluding carboxylic acids is 1. The van der Waals surface area contributed by atoms with Gasteiger partial charge in [-0.05, 0) is 42.3 Å². The molecule has 0 fully saturated rings. The van der Waals surface area contributed by atoms with Gasteiger partial charge in [-0.15, -0.1) is 0 Å². The second-order valence-corrected chi connectivity index (χ2v) is 7.07. The number of carbonyl (C=O) groups is 1. The van der Waals surface area contributed by atoms with Crippen molar-refractivity contribution < 1.29 is 18.0 Å². The average molecular weight is 396 g/mol. The highest BCUT2D eigenvalue weighted by atomic mass is 19.2. The van der Waals surface area contributed by atoms with E-state index in [0.29, 0.717) is 22.0 Å². The Labute approximate surface area is 165 Å². The van der Waals surface area contributed by atoms with Gasteiger partial charge in [0, 0.05) is 27.4 Å². The number of aryl methyl sites for hydroxylation is 1. The minimum absolute atomic E-state index is 0.215. The molecule has 0 saturated heterocycles. The summed E-state index contributed by atoms with van der Waals surface area (Å²) >= 11 is 0. The van der Waals surface area contributed by atoms with Crippen LogP contribution >= 0.6 is 0 Å². The number of halogens is 3. The fraction of sp³-hybridized carbons (Fsp3) is 0.174. The Morgan fingerprint density at radius 2 is 1.76 bits per heavy atom. The molecule has 0 spiro atoms. The molecular weight excluding hydrogens is 377 g/mol. The van der Waals surface area contributed by atoms with Gasteiger partial charge in [0.05, 0.1) is 12.1 Å². The Bertz CT molecular complexity index is 1260. The van der Waals surface area contributed by atoms with Crippen molar-refractivity contribution in [3.05, 3.63) is 82.7 Å². The van der Waals surface area contributed by atoms with Gasteiger partial charge in [0.15, 0.2) is 11.6 Å². The van der Waals surface area contributed by atoms with Crippen LogP contribution < -0.4 is 5.73 Å². The zero-order valence-corrected chi connectivity index (χ0v) is 15.8. The minimum atomic E-state index is -1.21. The first-order valence-electron chi connectivity index (χ1n) is 9.38. The summed E-state index contributed by atoms with van der Waals surface area (Å²) in [6.07, 6.45) is 1.77. The minimum Gasteiger partial charge on any atom is -0.366 e. The molecule has 0 aliphatic rings. The topological polar surface area (TPSA) is 48.0 Å². The van der Waals surface area contributed by atoms with E-state index in [0.717, 1.165) is 35.9 Å². The highest BCUT2D eigenvalue weighted by Crippen LogP contribution is 2.34. The van der Waals surface area contributed by atoms with Crippen LogP contribution in [0.25, 0.3) is 21.8 Å². The van der Waals surface area contributed by atoms with Crippen molar-refractivity contribution in [2.45, 2.75) is 26.3 Å². The summed E-state index contributed by atoms with van der Waals surface area (Å²) in [4.78, 5) is 12.0. The second kappa shape index (κ2) is 7.28. The highest BCUT2D eigenvalue weighted by molar-refractivity contribution is 6.18. The fourth-order valence-electron chi connectivity index (χ4n) is 3.88. The van der Waals surface area contributed by atoms with Crippen LogP contribution in [0.1, 0.15) is 34.8 Å². The van der Waals surface area contributed by atoms with Crippen molar-refractivity contribution in [1.29, 1.82) is 0 Å². The molecule has 0 saturated carbocycles. The molecule has 1 amide bonds. The summed E-state index contributed by atoms with van der Waals surface area (Å²) < 4.78 is 44.1. The summed E-state index contributed by atoms with van der Waals surface area (Å²) in [7, 11) is 0. The Morgan fingerprint density at radius 3 is 2.48 bits per heavy atom. The predicted octanol–water partition coefficient (Wildman–Crippen LogP) is 5.31. The first-order valence-corrected chi connectivity index (χ1v) is 9.38. The van der Waals surface area contributed by atoms with Crippen LogP contribution in [0.2, 0.25) is 0 Å². The molecule has 2 N–H and O–H groups in total. The monoisotopic (exact) mass is 396 g/mol. The van der Waals surface area contributed by atoms with Gasteiger partial charge in [-0.2, -0.15) is 0 Å². The summed E-state index contributed by atoms with van der Waals surface area (Å²) in [5.41, 5.74) is 7.90. The van der Waals surface area contributed by atoms with Gasteiger partial charge in [-0.1, -0.05) is 31.5 Å². The lowest BCUT2D eigenvalue weighted by Gasteiger charge is -2.11. The third kappa shape index (κ3) is 3.14. The van der Waals surface area contributed by atoms with Gasteiger partial charge in [0.1, 0.15) is 5.82 Å². The van der Waals surface area contributed by atoms with Gasteiger partial charge in [-0.25, -0.2) is 13.2 Å². The number of hydrogen-bond donors (Lipinski definition) is 1. The molecular formula is C23H19F3N2O. The van der Waals surface area contributed by atoms with Crippen LogP contribution in [0.3, 0.4) is 0 Å². The number of amides is 1. The molecule has 1 heterocycles. The fourth-order valence-corrected chi connectivity index (χ4v) is 3.88. The third-order valence-corrected chi connectivity index (χ3v) is 5.21. The molecule has 6 heteroatoms. The maximum atomic E-state index is 14.4. The van der Waals surface area contributed by atoms with E-state index in [9.17, 15) is 18.0 Å². The zero-order chi connectivity index (χ0) is 20.7. The number of rotatable bonds is 5. The van der Waals surface area contributed by atoms with Gasteiger partial charge in [0.25, 0.3) is 0 Å². The van der Waals surface area contributed by atoms with E-state index in [-0.39, 0.29) is 12.1 Å². The normalized spacial score (nSPS) is 11.4. The summed E-state index contributed by atoms with van der Waals surface area (Å²) in [5, 5.41) is 1.38. The van der Waals surface area contributed by atoms with E-state index in [1.807, 2.05) is 18.2 Å². The SMILES string of the molecule is CCCc1ccc2c3c(C(N)=O)cccc3n(Cc3c(F)ccc(F)c3F)c2c1. The van der Waals surface area contributed by atoms with Gasteiger partial charge < -0.3 is 10.3 Å². The zero-order valence-electron chi connectivity index (χ0n) is 15.8. The van der Waals surface area contributed by atoms with Crippen molar-refractivity contribution in [1.82, 2.24) is 4.57 Å². The largest absolute Gasteiger partial charge is 0.366 e. The number of benzene rings is 3. The van der Waals surface area contributed by atoms with Gasteiger partial charge >= 0.3 is 0 Å². The van der Waals surface area contributed by atoms with Crippen LogP contribution in [0, 0.1) is 17.5 Å². The first-order chi connectivity index (χ1) is 13.9. The second-order valence-electron chi connectivity index (χ2n) is 7.07. The van der Waals surface area contributed by atoms with E-state index in [4.69, 9.17) is 5.73 Å². The summed E-state index contributed by atoms with van der Waals surface area (Å²) in [6, 6.07) is 12.5. The summed E-state index contributed by atoms with van der Waals surface area (Å²) in [6.45, 7) is 1.84. The standard InChI is InChI=1S/C23H19F3N2O/c1-2-4-13-7-8-14-20(11-13)28(12-16-17(24)9-10-18(25)22(16)26)19-6-3-5-15(21(14)19)23(27)29/h3,5-11H,2,4,12H2,1H3,(H2,27,29). The first kappa shape index (κ1) is 19.1. The van der Waals surface area contributed by atoms with Crippen molar-refractivity contribution in [2.75, 3.05) is 0 Å². The molecule has 29 heavy (non-hydrogen) atoms. The lowest BCUT2D eigenvalue weighted by molar-refractivity contribution is 0.100. The van der Waals surface area contributed by atoms with Crippen LogP contribution in [-0.2, 0) is 13.0 Å². The number of primary amides is 1. The maximum absolute atomic E-state index is 14.4. The molecule has 0 unspecified atom stereocenters. The predicted molar refractivity (Wildman–Crippen MR) is 107 cm³/mol. The van der Waals surface area contributed by atoms with Crippen molar-refractivity contribution in [2.24, 2.45) is 5.73 Å². The molecule has 0 aliphatic heterocycles. The molecule has 0 atom stereocenters. The molecule has 1 aromatic heterocycles. The molecule has 4 rings (SSSR count). The lowest BCUT2D eigenvalue weighted by Crippen LogP contribution is -2.11. The van der Waals surface area contributed by atoms with E-state index in [2.05, 4.69) is 6.92 Å². The number of nitrogens with zero attached hydrogens (tertiary/aromatic N) is 1. The van der Waals surface area contributed by atoms with Gasteiger partial charge in [-0.3, -0.25) is 4.79 Å². The smallest absolute Gasteiger partial charge is 0.249 e. The lowest BCUT2D eigenvalue weighted by atomic mass is 10.0. The van der Waals surface area contributed by atoms with Crippen LogP contribution in [0.15, 0.2) is 48.5 Å². The Morgan fingerprint density at radius 1 is 1.00 bits per heavy atom. The van der Waals surface area contributed by atoms with Crippen LogP contribution in [-0.4, -0.2) is 10.5 Å². The maximum Gasteiger partial charge on any atom is 0.249 e. The highest BCUT2D eigenvalue weighted by Gasteiger charge is 2.20. The number of hydrogen-bond acceptors (Lipinski definition) is 1. The summed E-state index contributed by atoms with van der Waals surface area (Å²) in [5.74, 6) is -3.73. The van der Waals surface area contributed by atoms with E-state index in [1.165, 1.54) is 0 Å². The molecule has 0 aliphatic carbocycles. The quantitative estimate of drug-likeness (QED) is 0.457. The number of fused-ring (bicyclic) bond motifs is 3.